The number of hydrogen-bond acceptors (Lipinski definition) is 4. The SMILES string of the molecule is CNC(=O)C1CCN(Cc2ccnc(C#N)c2)CC1. The van der Waals surface area contributed by atoms with Gasteiger partial charge in [-0.3, -0.25) is 9.69 Å². The van der Waals surface area contributed by atoms with E-state index in [0.29, 0.717) is 5.69 Å². The molecular weight excluding hydrogens is 240 g/mol. The van der Waals surface area contributed by atoms with Crippen molar-refractivity contribution in [2.45, 2.75) is 19.4 Å². The van der Waals surface area contributed by atoms with Crippen molar-refractivity contribution in [1.29, 1.82) is 5.26 Å². The molecule has 1 saturated heterocycles. The molecule has 1 fully saturated rings. The Hall–Kier alpha value is -1.93. The van der Waals surface area contributed by atoms with E-state index >= 15 is 0 Å². The lowest BCUT2D eigenvalue weighted by Gasteiger charge is -2.31. The molecule has 1 aromatic heterocycles. The Morgan fingerprint density at radius 1 is 1.58 bits per heavy atom. The summed E-state index contributed by atoms with van der Waals surface area (Å²) in [5, 5.41) is 11.5. The molecule has 0 unspecified atom stereocenters. The second-order valence-electron chi connectivity index (χ2n) is 4.83. The van der Waals surface area contributed by atoms with Crippen molar-refractivity contribution in [3.63, 3.8) is 0 Å². The number of piperidine rings is 1. The first-order chi connectivity index (χ1) is 9.22. The molecule has 1 aliphatic rings. The zero-order chi connectivity index (χ0) is 13.7. The summed E-state index contributed by atoms with van der Waals surface area (Å²) in [6, 6.07) is 5.81. The predicted octanol–water partition coefficient (Wildman–Crippen LogP) is 0.911. The summed E-state index contributed by atoms with van der Waals surface area (Å²) in [4.78, 5) is 17.8. The fraction of sp³-hybridized carbons (Fsp3) is 0.500. The van der Waals surface area contributed by atoms with Crippen LogP contribution in [0.4, 0.5) is 0 Å². The number of rotatable bonds is 3. The van der Waals surface area contributed by atoms with Crippen LogP contribution in [-0.2, 0) is 11.3 Å². The molecule has 2 rings (SSSR count). The van der Waals surface area contributed by atoms with E-state index in [1.165, 1.54) is 0 Å². The number of nitriles is 1. The van der Waals surface area contributed by atoms with Gasteiger partial charge in [-0.05, 0) is 43.6 Å². The minimum Gasteiger partial charge on any atom is -0.359 e. The Labute approximate surface area is 113 Å². The number of carbonyl (C=O) groups is 1. The summed E-state index contributed by atoms with van der Waals surface area (Å²) in [7, 11) is 1.69. The molecule has 1 aromatic rings. The van der Waals surface area contributed by atoms with E-state index in [-0.39, 0.29) is 11.8 Å². The van der Waals surface area contributed by atoms with Crippen LogP contribution in [0.3, 0.4) is 0 Å². The van der Waals surface area contributed by atoms with Crippen molar-refractivity contribution in [3.8, 4) is 6.07 Å². The van der Waals surface area contributed by atoms with Gasteiger partial charge in [-0.1, -0.05) is 0 Å². The van der Waals surface area contributed by atoms with Crippen LogP contribution in [0.1, 0.15) is 24.1 Å². The molecule has 1 aliphatic heterocycles. The summed E-state index contributed by atoms with van der Waals surface area (Å²) >= 11 is 0. The Morgan fingerprint density at radius 3 is 2.95 bits per heavy atom. The summed E-state index contributed by atoms with van der Waals surface area (Å²) < 4.78 is 0. The maximum Gasteiger partial charge on any atom is 0.222 e. The van der Waals surface area contributed by atoms with E-state index in [9.17, 15) is 4.79 Å². The van der Waals surface area contributed by atoms with Gasteiger partial charge < -0.3 is 5.32 Å². The van der Waals surface area contributed by atoms with Crippen molar-refractivity contribution in [2.24, 2.45) is 5.92 Å². The molecule has 5 nitrogen and oxygen atoms in total. The van der Waals surface area contributed by atoms with Gasteiger partial charge in [-0.2, -0.15) is 5.26 Å². The predicted molar refractivity (Wildman–Crippen MR) is 71.0 cm³/mol. The van der Waals surface area contributed by atoms with Crippen LogP contribution in [0, 0.1) is 17.2 Å². The van der Waals surface area contributed by atoms with E-state index in [2.05, 4.69) is 21.3 Å². The van der Waals surface area contributed by atoms with Crippen molar-refractivity contribution < 1.29 is 4.79 Å². The highest BCUT2D eigenvalue weighted by Crippen LogP contribution is 2.19. The largest absolute Gasteiger partial charge is 0.359 e. The molecule has 1 N–H and O–H groups in total. The lowest BCUT2D eigenvalue weighted by molar-refractivity contribution is -0.125. The number of amides is 1. The first kappa shape index (κ1) is 13.5. The highest BCUT2D eigenvalue weighted by molar-refractivity contribution is 5.78. The third kappa shape index (κ3) is 3.52. The molecule has 1 amide bonds. The van der Waals surface area contributed by atoms with Gasteiger partial charge in [0, 0.05) is 25.7 Å². The third-order valence-corrected chi connectivity index (χ3v) is 3.55. The second-order valence-corrected chi connectivity index (χ2v) is 4.83. The average Bonchev–Trinajstić information content (AvgIpc) is 2.47. The summed E-state index contributed by atoms with van der Waals surface area (Å²) in [5.74, 6) is 0.295. The van der Waals surface area contributed by atoms with Gasteiger partial charge in [0.15, 0.2) is 0 Å². The zero-order valence-corrected chi connectivity index (χ0v) is 11.1. The lowest BCUT2D eigenvalue weighted by Crippen LogP contribution is -2.39. The van der Waals surface area contributed by atoms with Gasteiger partial charge in [-0.25, -0.2) is 4.98 Å². The summed E-state index contributed by atoms with van der Waals surface area (Å²) in [6.07, 6.45) is 3.47. The smallest absolute Gasteiger partial charge is 0.222 e. The first-order valence-electron chi connectivity index (χ1n) is 6.52. The van der Waals surface area contributed by atoms with Crippen LogP contribution in [-0.4, -0.2) is 35.9 Å². The van der Waals surface area contributed by atoms with E-state index in [1.807, 2.05) is 12.1 Å². The van der Waals surface area contributed by atoms with Crippen molar-refractivity contribution in [2.75, 3.05) is 20.1 Å². The molecule has 0 radical (unpaired) electrons. The van der Waals surface area contributed by atoms with E-state index in [0.717, 1.165) is 38.0 Å². The highest BCUT2D eigenvalue weighted by Gasteiger charge is 2.23. The Balaban J connectivity index is 1.89. The number of aromatic nitrogens is 1. The lowest BCUT2D eigenvalue weighted by atomic mass is 9.95. The topological polar surface area (TPSA) is 69.0 Å². The minimum absolute atomic E-state index is 0.147. The maximum absolute atomic E-state index is 11.5. The number of nitrogens with one attached hydrogen (secondary N) is 1. The van der Waals surface area contributed by atoms with Crippen LogP contribution in [0.25, 0.3) is 0 Å². The molecule has 0 spiro atoms. The van der Waals surface area contributed by atoms with Crippen molar-refractivity contribution >= 4 is 5.91 Å². The molecule has 0 bridgehead atoms. The van der Waals surface area contributed by atoms with Gasteiger partial charge in [0.1, 0.15) is 11.8 Å². The normalized spacial score (nSPS) is 16.8. The van der Waals surface area contributed by atoms with Crippen LogP contribution in [0.15, 0.2) is 18.3 Å². The molecule has 0 aliphatic carbocycles. The highest BCUT2D eigenvalue weighted by atomic mass is 16.1. The van der Waals surface area contributed by atoms with Gasteiger partial charge in [0.05, 0.1) is 0 Å². The fourth-order valence-corrected chi connectivity index (χ4v) is 2.45. The van der Waals surface area contributed by atoms with Crippen LogP contribution in [0.5, 0.6) is 0 Å². The average molecular weight is 258 g/mol. The number of pyridine rings is 1. The fourth-order valence-electron chi connectivity index (χ4n) is 2.45. The number of hydrogen-bond donors (Lipinski definition) is 1. The van der Waals surface area contributed by atoms with Crippen LogP contribution < -0.4 is 5.32 Å². The Kier molecular flexibility index (Phi) is 4.48. The van der Waals surface area contributed by atoms with Gasteiger partial charge in [-0.15, -0.1) is 0 Å². The third-order valence-electron chi connectivity index (χ3n) is 3.55. The number of carbonyl (C=O) groups excluding carboxylic acids is 1. The molecule has 2 heterocycles. The number of likely N-dealkylation sites (tertiary alicyclic amines) is 1. The van der Waals surface area contributed by atoms with Gasteiger partial charge >= 0.3 is 0 Å². The van der Waals surface area contributed by atoms with Crippen molar-refractivity contribution in [1.82, 2.24) is 15.2 Å². The van der Waals surface area contributed by atoms with E-state index in [4.69, 9.17) is 5.26 Å². The zero-order valence-electron chi connectivity index (χ0n) is 11.1. The van der Waals surface area contributed by atoms with Crippen LogP contribution in [0.2, 0.25) is 0 Å². The standard InChI is InChI=1S/C14H18N4O/c1-16-14(19)12-3-6-18(7-4-12)10-11-2-5-17-13(8-11)9-15/h2,5,8,12H,3-4,6-7,10H2,1H3,(H,16,19). The quantitative estimate of drug-likeness (QED) is 0.875. The second kappa shape index (κ2) is 6.30. The molecule has 19 heavy (non-hydrogen) atoms. The Morgan fingerprint density at radius 2 is 2.32 bits per heavy atom. The molecule has 0 atom stereocenters. The molecule has 0 saturated carbocycles. The molecular formula is C14H18N4O. The van der Waals surface area contributed by atoms with Gasteiger partial charge in [0.25, 0.3) is 0 Å². The Bertz CT molecular complexity index is 486. The molecule has 0 aromatic carbocycles. The maximum atomic E-state index is 11.5. The van der Waals surface area contributed by atoms with E-state index in [1.54, 1.807) is 13.2 Å². The molecule has 5 heteroatoms. The summed E-state index contributed by atoms with van der Waals surface area (Å²) in [5.41, 5.74) is 1.56. The summed E-state index contributed by atoms with van der Waals surface area (Å²) in [6.45, 7) is 2.66. The van der Waals surface area contributed by atoms with E-state index < -0.39 is 0 Å². The van der Waals surface area contributed by atoms with Gasteiger partial charge in [0.2, 0.25) is 5.91 Å². The first-order valence-corrected chi connectivity index (χ1v) is 6.52. The van der Waals surface area contributed by atoms with Crippen molar-refractivity contribution in [3.05, 3.63) is 29.6 Å². The molecule has 100 valence electrons. The number of nitrogens with zero attached hydrogens (tertiary/aromatic N) is 3. The van der Waals surface area contributed by atoms with Crippen LogP contribution >= 0.6 is 0 Å². The minimum atomic E-state index is 0.147. The monoisotopic (exact) mass is 258 g/mol.